The Morgan fingerprint density at radius 2 is 2.25 bits per heavy atom. The molecule has 0 aromatic carbocycles. The number of primary amides is 1. The van der Waals surface area contributed by atoms with Crippen molar-refractivity contribution in [3.8, 4) is 0 Å². The first-order valence-electron chi connectivity index (χ1n) is 6.65. The smallest absolute Gasteiger partial charge is 0.260 e. The van der Waals surface area contributed by atoms with Crippen molar-refractivity contribution in [2.45, 2.75) is 25.2 Å². The van der Waals surface area contributed by atoms with E-state index >= 15 is 0 Å². The summed E-state index contributed by atoms with van der Waals surface area (Å²) in [6.07, 6.45) is 3.28. The standard InChI is InChI=1S/C14H17N3OS2/c15-11-10(8-3-4-8)14(20-12(11)13(16)18)17-6-5-9-2-1-7-19-9/h1-2,7-8,17H,3-6,15H2,(H2,16,18). The third-order valence-corrected chi connectivity index (χ3v) is 5.56. The number of carbonyl (C=O) groups excluding carboxylic acids is 1. The van der Waals surface area contributed by atoms with Gasteiger partial charge in [0.2, 0.25) is 0 Å². The fourth-order valence-corrected chi connectivity index (χ4v) is 4.10. The molecular formula is C14H17N3OS2. The Kier molecular flexibility index (Phi) is 3.67. The Balaban J connectivity index is 1.74. The lowest BCUT2D eigenvalue weighted by Crippen LogP contribution is -2.11. The fourth-order valence-electron chi connectivity index (χ4n) is 2.30. The van der Waals surface area contributed by atoms with Gasteiger partial charge in [-0.05, 0) is 36.6 Å². The first-order valence-corrected chi connectivity index (χ1v) is 8.34. The number of nitrogens with two attached hydrogens (primary N) is 2. The molecule has 1 aliphatic rings. The van der Waals surface area contributed by atoms with E-state index in [1.807, 2.05) is 0 Å². The minimum atomic E-state index is -0.430. The summed E-state index contributed by atoms with van der Waals surface area (Å²) in [4.78, 5) is 13.3. The van der Waals surface area contributed by atoms with Crippen molar-refractivity contribution in [1.82, 2.24) is 0 Å². The van der Waals surface area contributed by atoms with Crippen LogP contribution in [-0.2, 0) is 6.42 Å². The van der Waals surface area contributed by atoms with Crippen molar-refractivity contribution in [3.63, 3.8) is 0 Å². The highest BCUT2D eigenvalue weighted by atomic mass is 32.1. The van der Waals surface area contributed by atoms with Crippen LogP contribution in [0.2, 0.25) is 0 Å². The second kappa shape index (κ2) is 5.46. The predicted octanol–water partition coefficient (Wildman–Crippen LogP) is 3.02. The summed E-state index contributed by atoms with van der Waals surface area (Å²) in [7, 11) is 0. The second-order valence-electron chi connectivity index (χ2n) is 4.98. The van der Waals surface area contributed by atoms with Crippen LogP contribution in [-0.4, -0.2) is 12.5 Å². The highest BCUT2D eigenvalue weighted by molar-refractivity contribution is 7.18. The molecule has 3 rings (SSSR count). The van der Waals surface area contributed by atoms with Crippen LogP contribution in [0.5, 0.6) is 0 Å². The molecule has 1 saturated carbocycles. The quantitative estimate of drug-likeness (QED) is 0.767. The lowest BCUT2D eigenvalue weighted by atomic mass is 10.1. The van der Waals surface area contributed by atoms with Gasteiger partial charge in [0, 0.05) is 17.0 Å². The van der Waals surface area contributed by atoms with Crippen molar-refractivity contribution in [1.29, 1.82) is 0 Å². The van der Waals surface area contributed by atoms with Crippen LogP contribution in [0.15, 0.2) is 17.5 Å². The predicted molar refractivity (Wildman–Crippen MR) is 85.7 cm³/mol. The summed E-state index contributed by atoms with van der Waals surface area (Å²) in [5.41, 5.74) is 13.2. The van der Waals surface area contributed by atoms with Gasteiger partial charge < -0.3 is 16.8 Å². The number of hydrogen-bond acceptors (Lipinski definition) is 5. The molecular weight excluding hydrogens is 290 g/mol. The zero-order chi connectivity index (χ0) is 14.1. The maximum absolute atomic E-state index is 11.4. The third-order valence-electron chi connectivity index (χ3n) is 3.43. The molecule has 0 atom stereocenters. The summed E-state index contributed by atoms with van der Waals surface area (Å²) in [6, 6.07) is 4.19. The maximum Gasteiger partial charge on any atom is 0.260 e. The molecule has 2 aromatic heterocycles. The van der Waals surface area contributed by atoms with Crippen LogP contribution in [0.1, 0.15) is 38.9 Å². The molecule has 20 heavy (non-hydrogen) atoms. The third kappa shape index (κ3) is 2.66. The van der Waals surface area contributed by atoms with Gasteiger partial charge in [-0.2, -0.15) is 0 Å². The number of carbonyl (C=O) groups is 1. The molecule has 2 heterocycles. The van der Waals surface area contributed by atoms with Gasteiger partial charge in [-0.25, -0.2) is 0 Å². The van der Waals surface area contributed by atoms with Gasteiger partial charge in [-0.3, -0.25) is 4.79 Å². The summed E-state index contributed by atoms with van der Waals surface area (Å²) >= 11 is 3.15. The Morgan fingerprint density at radius 3 is 2.85 bits per heavy atom. The summed E-state index contributed by atoms with van der Waals surface area (Å²) in [5.74, 6) is 0.0734. The average molecular weight is 307 g/mol. The van der Waals surface area contributed by atoms with E-state index < -0.39 is 5.91 Å². The van der Waals surface area contributed by atoms with E-state index in [2.05, 4.69) is 22.8 Å². The van der Waals surface area contributed by atoms with Crippen LogP contribution < -0.4 is 16.8 Å². The van der Waals surface area contributed by atoms with Crippen molar-refractivity contribution in [3.05, 3.63) is 32.8 Å². The zero-order valence-electron chi connectivity index (χ0n) is 11.0. The average Bonchev–Trinajstić information content (AvgIpc) is 2.98. The SMILES string of the molecule is NC(=O)c1sc(NCCc2cccs2)c(C2CC2)c1N. The highest BCUT2D eigenvalue weighted by Gasteiger charge is 2.32. The summed E-state index contributed by atoms with van der Waals surface area (Å²) < 4.78 is 0. The molecule has 1 amide bonds. The van der Waals surface area contributed by atoms with E-state index in [4.69, 9.17) is 11.5 Å². The molecule has 0 aliphatic heterocycles. The van der Waals surface area contributed by atoms with Crippen molar-refractivity contribution < 1.29 is 4.79 Å². The number of rotatable bonds is 6. The van der Waals surface area contributed by atoms with Gasteiger partial charge in [0.25, 0.3) is 5.91 Å². The zero-order valence-corrected chi connectivity index (χ0v) is 12.7. The Labute approximate surface area is 125 Å². The summed E-state index contributed by atoms with van der Waals surface area (Å²) in [6.45, 7) is 0.846. The highest BCUT2D eigenvalue weighted by Crippen LogP contribution is 2.50. The van der Waals surface area contributed by atoms with Crippen LogP contribution in [0.3, 0.4) is 0 Å². The van der Waals surface area contributed by atoms with Gasteiger partial charge in [-0.15, -0.1) is 22.7 Å². The number of thiophene rings is 2. The Bertz CT molecular complexity index is 615. The molecule has 1 aliphatic carbocycles. The van der Waals surface area contributed by atoms with E-state index in [1.54, 1.807) is 11.3 Å². The van der Waals surface area contributed by atoms with E-state index in [1.165, 1.54) is 16.2 Å². The molecule has 0 spiro atoms. The first kappa shape index (κ1) is 13.5. The minimum absolute atomic E-state index is 0.430. The normalized spacial score (nSPS) is 14.4. The lowest BCUT2D eigenvalue weighted by molar-refractivity contribution is 0.100. The molecule has 0 radical (unpaired) electrons. The van der Waals surface area contributed by atoms with Gasteiger partial charge >= 0.3 is 0 Å². The second-order valence-corrected chi connectivity index (χ2v) is 7.04. The fraction of sp³-hybridized carbons (Fsp3) is 0.357. The first-order chi connectivity index (χ1) is 9.66. The molecule has 0 saturated heterocycles. The van der Waals surface area contributed by atoms with E-state index in [0.717, 1.165) is 36.4 Å². The van der Waals surface area contributed by atoms with E-state index in [0.29, 0.717) is 16.5 Å². The van der Waals surface area contributed by atoms with E-state index in [-0.39, 0.29) is 0 Å². The maximum atomic E-state index is 11.4. The molecule has 4 nitrogen and oxygen atoms in total. The van der Waals surface area contributed by atoms with Gasteiger partial charge in [-0.1, -0.05) is 6.07 Å². The largest absolute Gasteiger partial charge is 0.397 e. The van der Waals surface area contributed by atoms with Crippen molar-refractivity contribution in [2.75, 3.05) is 17.6 Å². The van der Waals surface area contributed by atoms with Crippen LogP contribution in [0.4, 0.5) is 10.7 Å². The van der Waals surface area contributed by atoms with Crippen molar-refractivity contribution in [2.24, 2.45) is 5.73 Å². The number of hydrogen-bond donors (Lipinski definition) is 3. The summed E-state index contributed by atoms with van der Waals surface area (Å²) in [5, 5.41) is 6.53. The molecule has 0 unspecified atom stereocenters. The number of anilines is 2. The van der Waals surface area contributed by atoms with Gasteiger partial charge in [0.15, 0.2) is 0 Å². The van der Waals surface area contributed by atoms with Crippen LogP contribution in [0.25, 0.3) is 0 Å². The molecule has 2 aromatic rings. The number of nitrogens with one attached hydrogen (secondary N) is 1. The number of amides is 1. The molecule has 106 valence electrons. The molecule has 0 bridgehead atoms. The monoisotopic (exact) mass is 307 g/mol. The van der Waals surface area contributed by atoms with Crippen LogP contribution in [0, 0.1) is 0 Å². The lowest BCUT2D eigenvalue weighted by Gasteiger charge is -2.06. The van der Waals surface area contributed by atoms with E-state index in [9.17, 15) is 4.79 Å². The minimum Gasteiger partial charge on any atom is -0.397 e. The van der Waals surface area contributed by atoms with Gasteiger partial charge in [0.05, 0.1) is 10.7 Å². The Morgan fingerprint density at radius 1 is 1.45 bits per heavy atom. The Hall–Kier alpha value is -1.53. The molecule has 5 N–H and O–H groups in total. The molecule has 6 heteroatoms. The van der Waals surface area contributed by atoms with Gasteiger partial charge in [0.1, 0.15) is 4.88 Å². The topological polar surface area (TPSA) is 81.1 Å². The molecule has 1 fully saturated rings. The van der Waals surface area contributed by atoms with Crippen molar-refractivity contribution >= 4 is 39.3 Å². The number of nitrogen functional groups attached to an aromatic ring is 1. The van der Waals surface area contributed by atoms with Crippen LogP contribution >= 0.6 is 22.7 Å².